The first-order chi connectivity index (χ1) is 8.49. The number of alkyl halides is 3. The minimum atomic E-state index is -4.36. The number of hydrogen-bond acceptors (Lipinski definition) is 3. The average Bonchev–Trinajstić information content (AvgIpc) is 2.76. The van der Waals surface area contributed by atoms with Gasteiger partial charge >= 0.3 is 6.18 Å². The van der Waals surface area contributed by atoms with E-state index in [1.54, 1.807) is 12.1 Å². The molecule has 0 saturated carbocycles. The second-order valence-corrected chi connectivity index (χ2v) is 4.68. The Balaban J connectivity index is 2.19. The summed E-state index contributed by atoms with van der Waals surface area (Å²) in [5.74, 6) is 0.162. The minimum absolute atomic E-state index is 0.162. The van der Waals surface area contributed by atoms with Crippen LogP contribution in [-0.2, 0) is 12.7 Å². The number of nitrogens with two attached hydrogens (primary N) is 1. The monoisotopic (exact) mass is 273 g/mol. The van der Waals surface area contributed by atoms with Crippen LogP contribution >= 0.6 is 11.3 Å². The highest BCUT2D eigenvalue weighted by atomic mass is 32.1. The lowest BCUT2D eigenvalue weighted by molar-refractivity contribution is -0.137. The normalized spacial score (nSPS) is 11.6. The molecule has 2 nitrogen and oxygen atoms in total. The van der Waals surface area contributed by atoms with Crippen LogP contribution in [-0.4, -0.2) is 0 Å². The molecule has 2 rings (SSSR count). The molecule has 18 heavy (non-hydrogen) atoms. The standard InChI is InChI=1S/C12H10F3NOS/c13-12(14,15)8-2-1-3-9(6-8)17-11-5-4-10(7-16)18-11/h1-6H,7,16H2. The molecule has 0 atom stereocenters. The fourth-order valence-electron chi connectivity index (χ4n) is 1.37. The summed E-state index contributed by atoms with van der Waals surface area (Å²) < 4.78 is 42.8. The van der Waals surface area contributed by atoms with Crippen molar-refractivity contribution in [3.05, 3.63) is 46.8 Å². The van der Waals surface area contributed by atoms with Gasteiger partial charge in [0.05, 0.1) is 5.56 Å². The Morgan fingerprint density at radius 1 is 1.17 bits per heavy atom. The molecule has 0 radical (unpaired) electrons. The summed E-state index contributed by atoms with van der Waals surface area (Å²) in [5.41, 5.74) is 4.72. The highest BCUT2D eigenvalue weighted by molar-refractivity contribution is 7.13. The van der Waals surface area contributed by atoms with Crippen molar-refractivity contribution in [1.29, 1.82) is 0 Å². The Kier molecular flexibility index (Phi) is 3.58. The maximum absolute atomic E-state index is 12.5. The lowest BCUT2D eigenvalue weighted by Crippen LogP contribution is -2.04. The van der Waals surface area contributed by atoms with Crippen LogP contribution < -0.4 is 10.5 Å². The molecule has 0 aliphatic rings. The number of rotatable bonds is 3. The fourth-order valence-corrected chi connectivity index (χ4v) is 2.13. The second-order valence-electron chi connectivity index (χ2n) is 3.55. The molecule has 0 spiro atoms. The van der Waals surface area contributed by atoms with Gasteiger partial charge in [0.25, 0.3) is 0 Å². The van der Waals surface area contributed by atoms with Crippen molar-refractivity contribution in [2.75, 3.05) is 0 Å². The van der Waals surface area contributed by atoms with E-state index in [4.69, 9.17) is 10.5 Å². The summed E-state index contributed by atoms with van der Waals surface area (Å²) in [4.78, 5) is 0.914. The number of thiophene rings is 1. The van der Waals surface area contributed by atoms with Crippen molar-refractivity contribution in [2.24, 2.45) is 5.73 Å². The van der Waals surface area contributed by atoms with Crippen LogP contribution in [0.2, 0.25) is 0 Å². The smallest absolute Gasteiger partial charge is 0.416 e. The van der Waals surface area contributed by atoms with Crippen LogP contribution in [0.5, 0.6) is 10.8 Å². The second kappa shape index (κ2) is 4.99. The van der Waals surface area contributed by atoms with Gasteiger partial charge in [0.15, 0.2) is 5.06 Å². The number of halogens is 3. The van der Waals surface area contributed by atoms with Crippen molar-refractivity contribution in [2.45, 2.75) is 12.7 Å². The van der Waals surface area contributed by atoms with Crippen LogP contribution in [0.25, 0.3) is 0 Å². The molecular formula is C12H10F3NOS. The van der Waals surface area contributed by atoms with Gasteiger partial charge in [-0.2, -0.15) is 13.2 Å². The molecule has 0 aliphatic heterocycles. The predicted octanol–water partition coefficient (Wildman–Crippen LogP) is 4.02. The van der Waals surface area contributed by atoms with E-state index >= 15 is 0 Å². The predicted molar refractivity (Wildman–Crippen MR) is 63.7 cm³/mol. The lowest BCUT2D eigenvalue weighted by Gasteiger charge is -2.08. The summed E-state index contributed by atoms with van der Waals surface area (Å²) in [7, 11) is 0. The van der Waals surface area contributed by atoms with Crippen molar-refractivity contribution >= 4 is 11.3 Å². The SMILES string of the molecule is NCc1ccc(Oc2cccc(C(F)(F)F)c2)s1. The zero-order valence-electron chi connectivity index (χ0n) is 9.20. The van der Waals surface area contributed by atoms with Crippen molar-refractivity contribution < 1.29 is 17.9 Å². The molecule has 1 aromatic heterocycles. The largest absolute Gasteiger partial charge is 0.447 e. The molecule has 0 bridgehead atoms. The topological polar surface area (TPSA) is 35.2 Å². The summed E-state index contributed by atoms with van der Waals surface area (Å²) in [6, 6.07) is 8.25. The highest BCUT2D eigenvalue weighted by Gasteiger charge is 2.30. The highest BCUT2D eigenvalue weighted by Crippen LogP contribution is 2.34. The van der Waals surface area contributed by atoms with E-state index in [2.05, 4.69) is 0 Å². The van der Waals surface area contributed by atoms with Gasteiger partial charge in [-0.1, -0.05) is 6.07 Å². The van der Waals surface area contributed by atoms with Crippen LogP contribution in [0.4, 0.5) is 13.2 Å². The minimum Gasteiger partial charge on any atom is -0.447 e. The van der Waals surface area contributed by atoms with E-state index in [-0.39, 0.29) is 5.75 Å². The summed E-state index contributed by atoms with van der Waals surface area (Å²) in [5, 5.41) is 0.523. The zero-order chi connectivity index (χ0) is 13.2. The van der Waals surface area contributed by atoms with E-state index in [0.29, 0.717) is 11.6 Å². The lowest BCUT2D eigenvalue weighted by atomic mass is 10.2. The van der Waals surface area contributed by atoms with Crippen molar-refractivity contribution in [3.8, 4) is 10.8 Å². The summed E-state index contributed by atoms with van der Waals surface area (Å²) in [6.07, 6.45) is -4.36. The molecule has 0 aliphatic carbocycles. The molecule has 1 heterocycles. The van der Waals surface area contributed by atoms with E-state index in [0.717, 1.165) is 17.0 Å². The molecule has 96 valence electrons. The Labute approximate surface area is 106 Å². The third-order valence-corrected chi connectivity index (χ3v) is 3.20. The van der Waals surface area contributed by atoms with Crippen LogP contribution in [0.1, 0.15) is 10.4 Å². The number of benzene rings is 1. The van der Waals surface area contributed by atoms with Gasteiger partial charge in [0.1, 0.15) is 5.75 Å². The van der Waals surface area contributed by atoms with E-state index in [9.17, 15) is 13.2 Å². The molecule has 0 saturated heterocycles. The van der Waals surface area contributed by atoms with Gasteiger partial charge in [-0.15, -0.1) is 11.3 Å². The molecule has 2 aromatic rings. The van der Waals surface area contributed by atoms with Gasteiger partial charge in [-0.05, 0) is 30.3 Å². The zero-order valence-corrected chi connectivity index (χ0v) is 10.0. The van der Waals surface area contributed by atoms with Gasteiger partial charge < -0.3 is 10.5 Å². The molecular weight excluding hydrogens is 263 g/mol. The number of ether oxygens (including phenoxy) is 1. The molecule has 0 unspecified atom stereocenters. The van der Waals surface area contributed by atoms with Crippen LogP contribution in [0, 0.1) is 0 Å². The first kappa shape index (κ1) is 12.9. The quantitative estimate of drug-likeness (QED) is 0.916. The van der Waals surface area contributed by atoms with Crippen LogP contribution in [0.3, 0.4) is 0 Å². The molecule has 6 heteroatoms. The Hall–Kier alpha value is -1.53. The van der Waals surface area contributed by atoms with Gasteiger partial charge in [-0.3, -0.25) is 0 Å². The number of hydrogen-bond donors (Lipinski definition) is 1. The van der Waals surface area contributed by atoms with Gasteiger partial charge in [-0.25, -0.2) is 0 Å². The fraction of sp³-hybridized carbons (Fsp3) is 0.167. The van der Waals surface area contributed by atoms with Crippen molar-refractivity contribution in [3.63, 3.8) is 0 Å². The Morgan fingerprint density at radius 2 is 1.94 bits per heavy atom. The third-order valence-electron chi connectivity index (χ3n) is 2.22. The van der Waals surface area contributed by atoms with Crippen molar-refractivity contribution in [1.82, 2.24) is 0 Å². The third kappa shape index (κ3) is 3.02. The molecule has 2 N–H and O–H groups in total. The summed E-state index contributed by atoms with van der Waals surface area (Å²) >= 11 is 1.31. The van der Waals surface area contributed by atoms with E-state index < -0.39 is 11.7 Å². The van der Waals surface area contributed by atoms with E-state index in [1.807, 2.05) is 0 Å². The Bertz CT molecular complexity index is 536. The average molecular weight is 273 g/mol. The molecule has 0 fully saturated rings. The Morgan fingerprint density at radius 3 is 2.56 bits per heavy atom. The molecule has 0 amide bonds. The maximum Gasteiger partial charge on any atom is 0.416 e. The van der Waals surface area contributed by atoms with Crippen LogP contribution in [0.15, 0.2) is 36.4 Å². The molecule has 1 aromatic carbocycles. The first-order valence-electron chi connectivity index (χ1n) is 5.13. The maximum atomic E-state index is 12.5. The van der Waals surface area contributed by atoms with Gasteiger partial charge in [0, 0.05) is 11.4 Å². The van der Waals surface area contributed by atoms with E-state index in [1.165, 1.54) is 23.5 Å². The first-order valence-corrected chi connectivity index (χ1v) is 5.94. The van der Waals surface area contributed by atoms with Gasteiger partial charge in [0.2, 0.25) is 0 Å². The summed E-state index contributed by atoms with van der Waals surface area (Å²) in [6.45, 7) is 0.386.